The van der Waals surface area contributed by atoms with Gasteiger partial charge in [0.25, 0.3) is 0 Å². The van der Waals surface area contributed by atoms with E-state index in [0.29, 0.717) is 0 Å². The zero-order valence-corrected chi connectivity index (χ0v) is 7.42. The second-order valence-corrected chi connectivity index (χ2v) is 3.52. The maximum atomic E-state index is 10.4. The van der Waals surface area contributed by atoms with Gasteiger partial charge in [0.15, 0.2) is 0 Å². The van der Waals surface area contributed by atoms with Crippen LogP contribution in [-0.4, -0.2) is 16.6 Å². The summed E-state index contributed by atoms with van der Waals surface area (Å²) in [7, 11) is 0. The van der Waals surface area contributed by atoms with Crippen LogP contribution in [0.3, 0.4) is 0 Å². The van der Waals surface area contributed by atoms with Crippen molar-refractivity contribution in [2.24, 2.45) is 11.7 Å². The predicted molar refractivity (Wildman–Crippen MR) is 44.3 cm³/mol. The molecule has 0 aromatic heterocycles. The lowest BCUT2D eigenvalue weighted by Crippen LogP contribution is -2.41. The molecule has 0 radical (unpaired) electrons. The lowest BCUT2D eigenvalue weighted by molar-refractivity contribution is -0.138. The molecule has 0 saturated heterocycles. The monoisotopic (exact) mass is 159 g/mol. The largest absolute Gasteiger partial charge is 0.481 e. The summed E-state index contributed by atoms with van der Waals surface area (Å²) < 4.78 is 0. The average molecular weight is 159 g/mol. The van der Waals surface area contributed by atoms with Crippen LogP contribution >= 0.6 is 0 Å². The first-order valence-electron chi connectivity index (χ1n) is 3.88. The maximum Gasteiger partial charge on any atom is 0.303 e. The van der Waals surface area contributed by atoms with Crippen molar-refractivity contribution >= 4 is 5.97 Å². The number of carbonyl (C=O) groups is 1. The highest BCUT2D eigenvalue weighted by atomic mass is 16.4. The van der Waals surface area contributed by atoms with Gasteiger partial charge in [0.05, 0.1) is 0 Å². The Morgan fingerprint density at radius 1 is 1.64 bits per heavy atom. The molecule has 0 aliphatic rings. The van der Waals surface area contributed by atoms with E-state index in [1.807, 2.05) is 20.8 Å². The molecule has 11 heavy (non-hydrogen) atoms. The third-order valence-electron chi connectivity index (χ3n) is 1.97. The van der Waals surface area contributed by atoms with Crippen LogP contribution in [0.2, 0.25) is 0 Å². The van der Waals surface area contributed by atoms with Crippen LogP contribution in [0.1, 0.15) is 33.6 Å². The van der Waals surface area contributed by atoms with Crippen LogP contribution in [0.15, 0.2) is 0 Å². The molecule has 1 unspecified atom stereocenters. The molecule has 0 heterocycles. The summed E-state index contributed by atoms with van der Waals surface area (Å²) in [5.41, 5.74) is 5.39. The van der Waals surface area contributed by atoms with Gasteiger partial charge >= 0.3 is 5.97 Å². The van der Waals surface area contributed by atoms with Crippen molar-refractivity contribution in [3.05, 3.63) is 0 Å². The van der Waals surface area contributed by atoms with Crippen molar-refractivity contribution in [2.45, 2.75) is 39.2 Å². The molecule has 1 atom stereocenters. The first-order chi connectivity index (χ1) is 4.88. The minimum absolute atomic E-state index is 0.0694. The number of carboxylic acids is 1. The Hall–Kier alpha value is -0.570. The Morgan fingerprint density at radius 2 is 2.09 bits per heavy atom. The van der Waals surface area contributed by atoms with Gasteiger partial charge in [0.2, 0.25) is 0 Å². The molecule has 0 rings (SSSR count). The number of hydrogen-bond acceptors (Lipinski definition) is 2. The summed E-state index contributed by atoms with van der Waals surface area (Å²) in [6.07, 6.45) is 0.982. The summed E-state index contributed by atoms with van der Waals surface area (Å²) in [4.78, 5) is 10.4. The van der Waals surface area contributed by atoms with Crippen LogP contribution in [0, 0.1) is 5.92 Å². The Balaban J connectivity index is 4.07. The topological polar surface area (TPSA) is 63.3 Å². The molecule has 0 aliphatic heterocycles. The van der Waals surface area contributed by atoms with Crippen LogP contribution in [0.5, 0.6) is 0 Å². The highest BCUT2D eigenvalue weighted by Crippen LogP contribution is 2.20. The minimum Gasteiger partial charge on any atom is -0.481 e. The second kappa shape index (κ2) is 3.72. The summed E-state index contributed by atoms with van der Waals surface area (Å²) in [6.45, 7) is 5.69. The number of carboxylic acid groups (broad SMARTS) is 1. The van der Waals surface area contributed by atoms with Crippen LogP contribution in [0.25, 0.3) is 0 Å². The van der Waals surface area contributed by atoms with Crippen molar-refractivity contribution in [1.29, 1.82) is 0 Å². The van der Waals surface area contributed by atoms with Gasteiger partial charge in [-0.05, 0) is 19.8 Å². The highest BCUT2D eigenvalue weighted by Gasteiger charge is 2.25. The normalized spacial score (nSPS) is 14.5. The zero-order chi connectivity index (χ0) is 9.07. The van der Waals surface area contributed by atoms with E-state index < -0.39 is 5.97 Å². The zero-order valence-electron chi connectivity index (χ0n) is 7.42. The second-order valence-electron chi connectivity index (χ2n) is 3.52. The van der Waals surface area contributed by atoms with Crippen LogP contribution < -0.4 is 5.73 Å². The molecule has 0 aromatic rings. The Morgan fingerprint density at radius 3 is 2.18 bits per heavy atom. The van der Waals surface area contributed by atoms with E-state index in [-0.39, 0.29) is 17.9 Å². The van der Waals surface area contributed by atoms with Gasteiger partial charge in [0.1, 0.15) is 0 Å². The fraction of sp³-hybridized carbons (Fsp3) is 0.875. The summed E-state index contributed by atoms with van der Waals surface area (Å²) >= 11 is 0. The Labute approximate surface area is 67.6 Å². The molecule has 3 N–H and O–H groups in total. The van der Waals surface area contributed by atoms with E-state index in [1.54, 1.807) is 0 Å². The van der Waals surface area contributed by atoms with E-state index >= 15 is 0 Å². The lowest BCUT2D eigenvalue weighted by atomic mass is 9.84. The van der Waals surface area contributed by atoms with Gasteiger partial charge in [-0.1, -0.05) is 13.3 Å². The first kappa shape index (κ1) is 10.4. The summed E-state index contributed by atoms with van der Waals surface area (Å²) in [6, 6.07) is 0. The molecule has 0 aromatic carbocycles. The third kappa shape index (κ3) is 3.98. The van der Waals surface area contributed by atoms with Gasteiger partial charge < -0.3 is 10.8 Å². The van der Waals surface area contributed by atoms with Crippen molar-refractivity contribution in [1.82, 2.24) is 0 Å². The Bertz CT molecular complexity index is 138. The predicted octanol–water partition coefficient (Wildman–Crippen LogP) is 1.22. The number of aliphatic carboxylic acids is 1. The summed E-state index contributed by atoms with van der Waals surface area (Å²) in [5.74, 6) is -0.699. The summed E-state index contributed by atoms with van der Waals surface area (Å²) in [5, 5.41) is 8.52. The molecular formula is C8H17NO2. The Kier molecular flexibility index (Phi) is 3.52. The van der Waals surface area contributed by atoms with E-state index in [0.717, 1.165) is 6.42 Å². The first-order valence-corrected chi connectivity index (χ1v) is 3.88. The van der Waals surface area contributed by atoms with Gasteiger partial charge in [-0.3, -0.25) is 4.79 Å². The molecule has 0 amide bonds. The van der Waals surface area contributed by atoms with Gasteiger partial charge in [-0.25, -0.2) is 0 Å². The van der Waals surface area contributed by atoms with Crippen molar-refractivity contribution in [3.63, 3.8) is 0 Å². The molecule has 66 valence electrons. The fourth-order valence-electron chi connectivity index (χ4n) is 1.14. The molecule has 0 aliphatic carbocycles. The molecule has 0 spiro atoms. The smallest absolute Gasteiger partial charge is 0.303 e. The number of rotatable bonds is 4. The van der Waals surface area contributed by atoms with Crippen LogP contribution in [-0.2, 0) is 4.79 Å². The number of nitrogens with two attached hydrogens (primary N) is 1. The van der Waals surface area contributed by atoms with Gasteiger partial charge in [0, 0.05) is 12.0 Å². The molecule has 3 heteroatoms. The van der Waals surface area contributed by atoms with Crippen LogP contribution in [0.4, 0.5) is 0 Å². The quantitative estimate of drug-likeness (QED) is 0.648. The van der Waals surface area contributed by atoms with Gasteiger partial charge in [-0.15, -0.1) is 0 Å². The van der Waals surface area contributed by atoms with E-state index in [2.05, 4.69) is 0 Å². The standard InChI is InChI=1S/C8H17NO2/c1-4-6(5-7(10)11)8(2,3)9/h6H,4-5,9H2,1-3H3,(H,10,11). The van der Waals surface area contributed by atoms with E-state index in [1.165, 1.54) is 0 Å². The lowest BCUT2D eigenvalue weighted by Gasteiger charge is -2.28. The molecule has 3 nitrogen and oxygen atoms in total. The molecule has 0 saturated carbocycles. The van der Waals surface area contributed by atoms with Crippen molar-refractivity contribution in [3.8, 4) is 0 Å². The molecule has 0 fully saturated rings. The number of hydrogen-bond donors (Lipinski definition) is 2. The maximum absolute atomic E-state index is 10.4. The fourth-order valence-corrected chi connectivity index (χ4v) is 1.14. The minimum atomic E-state index is -0.768. The molecule has 0 bridgehead atoms. The SMILES string of the molecule is CCC(CC(=O)O)C(C)(C)N. The average Bonchev–Trinajstić information content (AvgIpc) is 1.79. The molecular weight excluding hydrogens is 142 g/mol. The highest BCUT2D eigenvalue weighted by molar-refractivity contribution is 5.67. The van der Waals surface area contributed by atoms with Gasteiger partial charge in [-0.2, -0.15) is 0 Å². The third-order valence-corrected chi connectivity index (χ3v) is 1.97. The van der Waals surface area contributed by atoms with Crippen molar-refractivity contribution < 1.29 is 9.90 Å². The van der Waals surface area contributed by atoms with E-state index in [9.17, 15) is 4.79 Å². The van der Waals surface area contributed by atoms with E-state index in [4.69, 9.17) is 10.8 Å². The van der Waals surface area contributed by atoms with Crippen molar-refractivity contribution in [2.75, 3.05) is 0 Å².